The van der Waals surface area contributed by atoms with Gasteiger partial charge < -0.3 is 9.30 Å². The fourth-order valence-corrected chi connectivity index (χ4v) is 2.78. The first-order chi connectivity index (χ1) is 12.6. The summed E-state index contributed by atoms with van der Waals surface area (Å²) in [6.45, 7) is 1.91. The van der Waals surface area contributed by atoms with Gasteiger partial charge >= 0.3 is 0 Å². The van der Waals surface area contributed by atoms with Crippen molar-refractivity contribution in [3.63, 3.8) is 0 Å². The van der Waals surface area contributed by atoms with Crippen LogP contribution in [-0.2, 0) is 22.7 Å². The number of ketones is 2. The third-order valence-corrected chi connectivity index (χ3v) is 4.19. The second kappa shape index (κ2) is 9.28. The summed E-state index contributed by atoms with van der Waals surface area (Å²) in [4.78, 5) is 23.7. The van der Waals surface area contributed by atoms with Gasteiger partial charge in [-0.1, -0.05) is 49.4 Å². The van der Waals surface area contributed by atoms with E-state index in [1.807, 2.05) is 54.6 Å². The van der Waals surface area contributed by atoms with Gasteiger partial charge in [-0.05, 0) is 17.7 Å². The van der Waals surface area contributed by atoms with Crippen LogP contribution in [0.5, 0.6) is 5.75 Å². The monoisotopic (exact) mass is 428 g/mol. The second-order valence-electron chi connectivity index (χ2n) is 5.97. The standard InChI is InChI=1S/C21H20N2O3.BrH/c1-2-18(24)19(25)13-23-17-11-7-6-10-16(17)20(12-21(23)22)26-14-15-8-4-3-5-9-15;/h3-12,22H,2,13-14H2,1H3;1H. The van der Waals surface area contributed by atoms with Crippen molar-refractivity contribution < 1.29 is 14.3 Å². The Bertz CT molecular complexity index is 1010. The number of hydrogen-bond acceptors (Lipinski definition) is 4. The summed E-state index contributed by atoms with van der Waals surface area (Å²) in [6.07, 6.45) is 0.170. The highest BCUT2D eigenvalue weighted by molar-refractivity contribution is 8.93. The van der Waals surface area contributed by atoms with Crippen LogP contribution in [0.25, 0.3) is 10.9 Å². The molecule has 0 saturated heterocycles. The summed E-state index contributed by atoms with van der Waals surface area (Å²) in [6, 6.07) is 18.8. The Morgan fingerprint density at radius 2 is 1.67 bits per heavy atom. The Labute approximate surface area is 167 Å². The number of halogens is 1. The molecule has 27 heavy (non-hydrogen) atoms. The summed E-state index contributed by atoms with van der Waals surface area (Å²) in [5, 5.41) is 9.09. The van der Waals surface area contributed by atoms with Crippen LogP contribution in [0.1, 0.15) is 18.9 Å². The minimum atomic E-state index is -0.492. The smallest absolute Gasteiger partial charge is 0.218 e. The zero-order valence-electron chi connectivity index (χ0n) is 15.0. The maximum Gasteiger partial charge on any atom is 0.218 e. The molecular weight excluding hydrogens is 408 g/mol. The molecule has 0 radical (unpaired) electrons. The van der Waals surface area contributed by atoms with Crippen LogP contribution < -0.4 is 10.2 Å². The number of benzene rings is 2. The number of pyridine rings is 1. The molecule has 1 N–H and O–H groups in total. The highest BCUT2D eigenvalue weighted by Crippen LogP contribution is 2.24. The third-order valence-electron chi connectivity index (χ3n) is 4.19. The molecule has 3 aromatic rings. The second-order valence-corrected chi connectivity index (χ2v) is 5.97. The number of ether oxygens (including phenoxy) is 1. The van der Waals surface area contributed by atoms with Gasteiger partial charge in [-0.3, -0.25) is 15.0 Å². The number of carbonyl (C=O) groups excluding carboxylic acids is 2. The Hall–Kier alpha value is -2.73. The average Bonchev–Trinajstić information content (AvgIpc) is 2.68. The number of carbonyl (C=O) groups is 2. The van der Waals surface area contributed by atoms with E-state index in [0.717, 1.165) is 10.9 Å². The number of rotatable bonds is 7. The van der Waals surface area contributed by atoms with Crippen molar-refractivity contribution in [3.05, 3.63) is 71.7 Å². The number of fused-ring (bicyclic) bond motifs is 1. The van der Waals surface area contributed by atoms with E-state index in [1.54, 1.807) is 17.6 Å². The summed E-state index contributed by atoms with van der Waals surface area (Å²) < 4.78 is 7.47. The Kier molecular flexibility index (Phi) is 7.07. The molecule has 1 heterocycles. The summed E-state index contributed by atoms with van der Waals surface area (Å²) in [5.74, 6) is -0.334. The maximum atomic E-state index is 12.1. The van der Waals surface area contributed by atoms with Crippen molar-refractivity contribution in [1.29, 1.82) is 5.41 Å². The van der Waals surface area contributed by atoms with Gasteiger partial charge in [0.1, 0.15) is 17.8 Å². The quantitative estimate of drug-likeness (QED) is 0.581. The van der Waals surface area contributed by atoms with Gasteiger partial charge in [0.15, 0.2) is 5.78 Å². The van der Waals surface area contributed by atoms with Gasteiger partial charge in [-0.15, -0.1) is 17.0 Å². The molecule has 0 fully saturated rings. The van der Waals surface area contributed by atoms with Gasteiger partial charge in [0.2, 0.25) is 5.78 Å². The molecule has 0 aliphatic carbocycles. The van der Waals surface area contributed by atoms with E-state index in [-0.39, 0.29) is 35.4 Å². The Morgan fingerprint density at radius 1 is 1.00 bits per heavy atom. The molecular formula is C21H21BrN2O3. The van der Waals surface area contributed by atoms with Crippen molar-refractivity contribution in [2.24, 2.45) is 0 Å². The van der Waals surface area contributed by atoms with E-state index in [2.05, 4.69) is 0 Å². The van der Waals surface area contributed by atoms with Crippen LogP contribution in [0.2, 0.25) is 0 Å². The molecule has 5 nitrogen and oxygen atoms in total. The molecule has 0 aliphatic rings. The summed E-state index contributed by atoms with van der Waals surface area (Å²) in [7, 11) is 0. The van der Waals surface area contributed by atoms with Crippen LogP contribution in [0, 0.1) is 5.41 Å². The molecule has 1 aromatic heterocycles. The largest absolute Gasteiger partial charge is 0.488 e. The van der Waals surface area contributed by atoms with Gasteiger partial charge in [-0.2, -0.15) is 0 Å². The molecule has 0 saturated carbocycles. The lowest BCUT2D eigenvalue weighted by molar-refractivity contribution is -0.136. The fraction of sp³-hybridized carbons (Fsp3) is 0.190. The fourth-order valence-electron chi connectivity index (χ4n) is 2.78. The van der Waals surface area contributed by atoms with Crippen molar-refractivity contribution in [2.75, 3.05) is 0 Å². The van der Waals surface area contributed by atoms with E-state index in [1.165, 1.54) is 0 Å². The normalized spacial score (nSPS) is 10.3. The molecule has 0 atom stereocenters. The Morgan fingerprint density at radius 3 is 2.37 bits per heavy atom. The maximum absolute atomic E-state index is 12.1. The van der Waals surface area contributed by atoms with Gasteiger partial charge in [-0.25, -0.2) is 0 Å². The molecule has 0 aliphatic heterocycles. The first-order valence-corrected chi connectivity index (χ1v) is 8.50. The zero-order chi connectivity index (χ0) is 18.5. The third kappa shape index (κ3) is 4.71. The van der Waals surface area contributed by atoms with E-state index in [4.69, 9.17) is 10.1 Å². The van der Waals surface area contributed by atoms with E-state index >= 15 is 0 Å². The van der Waals surface area contributed by atoms with Crippen molar-refractivity contribution in [1.82, 2.24) is 4.57 Å². The summed E-state index contributed by atoms with van der Waals surface area (Å²) in [5.41, 5.74) is 1.85. The van der Waals surface area contributed by atoms with Crippen LogP contribution in [0.15, 0.2) is 60.7 Å². The predicted octanol–water partition coefficient (Wildman–Crippen LogP) is 3.83. The van der Waals surface area contributed by atoms with Crippen LogP contribution in [0.3, 0.4) is 0 Å². The molecule has 140 valence electrons. The van der Waals surface area contributed by atoms with Gasteiger partial charge in [0.25, 0.3) is 0 Å². The van der Waals surface area contributed by atoms with Gasteiger partial charge in [0, 0.05) is 17.9 Å². The molecule has 6 heteroatoms. The lowest BCUT2D eigenvalue weighted by Gasteiger charge is -2.15. The van der Waals surface area contributed by atoms with Crippen LogP contribution in [-0.4, -0.2) is 16.1 Å². The molecule has 0 bridgehead atoms. The predicted molar refractivity (Wildman–Crippen MR) is 109 cm³/mol. The number of hydrogen-bond donors (Lipinski definition) is 1. The molecule has 2 aromatic carbocycles. The number of aromatic nitrogens is 1. The zero-order valence-corrected chi connectivity index (χ0v) is 16.7. The van der Waals surface area contributed by atoms with Crippen LogP contribution >= 0.6 is 17.0 Å². The van der Waals surface area contributed by atoms with E-state index in [0.29, 0.717) is 17.9 Å². The highest BCUT2D eigenvalue weighted by Gasteiger charge is 2.15. The van der Waals surface area contributed by atoms with Crippen molar-refractivity contribution >= 4 is 39.5 Å². The molecule has 0 unspecified atom stereocenters. The minimum Gasteiger partial charge on any atom is -0.488 e. The number of para-hydroxylation sites is 1. The van der Waals surface area contributed by atoms with Crippen LogP contribution in [0.4, 0.5) is 0 Å². The first kappa shape index (κ1) is 20.6. The van der Waals surface area contributed by atoms with Crippen molar-refractivity contribution in [3.8, 4) is 5.75 Å². The first-order valence-electron chi connectivity index (χ1n) is 8.50. The Balaban J connectivity index is 0.00000261. The lowest BCUT2D eigenvalue weighted by Crippen LogP contribution is -2.28. The summed E-state index contributed by atoms with van der Waals surface area (Å²) >= 11 is 0. The molecule has 3 rings (SSSR count). The number of nitrogens with one attached hydrogen (secondary N) is 1. The highest BCUT2D eigenvalue weighted by atomic mass is 79.9. The topological polar surface area (TPSA) is 72.2 Å². The van der Waals surface area contributed by atoms with Crippen molar-refractivity contribution in [2.45, 2.75) is 26.5 Å². The molecule has 0 spiro atoms. The minimum absolute atomic E-state index is 0. The van der Waals surface area contributed by atoms with Gasteiger partial charge in [0.05, 0.1) is 12.1 Å². The lowest BCUT2D eigenvalue weighted by atomic mass is 10.1. The molecule has 0 amide bonds. The SMILES string of the molecule is Br.CCC(=O)C(=O)Cn1c(=N)cc(OCc2ccccc2)c2ccccc21. The average molecular weight is 429 g/mol. The number of nitrogens with zero attached hydrogens (tertiary/aromatic N) is 1. The van der Waals surface area contributed by atoms with E-state index < -0.39 is 11.6 Å². The van der Waals surface area contributed by atoms with E-state index in [9.17, 15) is 9.59 Å². The number of Topliss-reactive ketones (excluding diaryl/α,β-unsaturated/α-hetero) is 2.